The molecular formula is C19H15AsN+. The van der Waals surface area contributed by atoms with Crippen molar-refractivity contribution in [1.29, 1.82) is 0 Å². The number of hydrogen-bond donors (Lipinski definition) is 0. The molecule has 0 saturated carbocycles. The molecule has 2 aliphatic rings. The molecule has 0 N–H and O–H groups in total. The number of fused-ring (bicyclic) bond motifs is 5. The number of aromatic nitrogens is 1. The first kappa shape index (κ1) is 11.8. The van der Waals surface area contributed by atoms with Crippen LogP contribution in [0.25, 0.3) is 11.1 Å². The monoisotopic (exact) mass is 332 g/mol. The maximum absolute atomic E-state index is 2.57. The Bertz CT molecular complexity index is 898. The Morgan fingerprint density at radius 2 is 1.57 bits per heavy atom. The molecule has 2 aliphatic heterocycles. The van der Waals surface area contributed by atoms with Crippen molar-refractivity contribution in [2.45, 2.75) is 13.5 Å². The average molecular weight is 332 g/mol. The van der Waals surface area contributed by atoms with Gasteiger partial charge >= 0.3 is 129 Å². The summed E-state index contributed by atoms with van der Waals surface area (Å²) in [7, 11) is 0. The molecule has 2 aromatic carbocycles. The van der Waals surface area contributed by atoms with Crippen LogP contribution in [0.5, 0.6) is 0 Å². The summed E-state index contributed by atoms with van der Waals surface area (Å²) in [4.78, 5) is 0. The van der Waals surface area contributed by atoms with Crippen molar-refractivity contribution < 1.29 is 4.57 Å². The fourth-order valence-electron chi connectivity index (χ4n) is 3.62. The van der Waals surface area contributed by atoms with E-state index in [2.05, 4.69) is 72.2 Å². The minimum atomic E-state index is -1.35. The van der Waals surface area contributed by atoms with Gasteiger partial charge < -0.3 is 0 Å². The van der Waals surface area contributed by atoms with Crippen molar-refractivity contribution in [3.8, 4) is 11.1 Å². The van der Waals surface area contributed by atoms with Crippen molar-refractivity contribution in [2.24, 2.45) is 0 Å². The summed E-state index contributed by atoms with van der Waals surface area (Å²) in [6.45, 7) is 3.27. The first-order valence-electron chi connectivity index (χ1n) is 7.35. The van der Waals surface area contributed by atoms with Crippen molar-refractivity contribution >= 4 is 27.8 Å². The van der Waals surface area contributed by atoms with E-state index in [0.29, 0.717) is 0 Å². The number of rotatable bonds is 0. The predicted octanol–water partition coefficient (Wildman–Crippen LogP) is 1.14. The summed E-state index contributed by atoms with van der Waals surface area (Å²) in [6, 6.07) is 22.7. The van der Waals surface area contributed by atoms with Gasteiger partial charge in [-0.25, -0.2) is 0 Å². The normalized spacial score (nSPS) is 17.1. The van der Waals surface area contributed by atoms with Crippen molar-refractivity contribution in [3.63, 3.8) is 0 Å². The molecule has 1 nitrogen and oxygen atoms in total. The Balaban J connectivity index is 1.94. The van der Waals surface area contributed by atoms with E-state index in [-0.39, 0.29) is 0 Å². The quantitative estimate of drug-likeness (QED) is 0.296. The van der Waals surface area contributed by atoms with E-state index in [1.807, 2.05) is 0 Å². The third kappa shape index (κ3) is 1.45. The summed E-state index contributed by atoms with van der Waals surface area (Å²) < 4.78 is 7.42. The van der Waals surface area contributed by atoms with E-state index in [9.17, 15) is 0 Å². The van der Waals surface area contributed by atoms with E-state index < -0.39 is 14.7 Å². The summed E-state index contributed by atoms with van der Waals surface area (Å²) >= 11 is -1.35. The van der Waals surface area contributed by atoms with Gasteiger partial charge in [0.15, 0.2) is 0 Å². The Morgan fingerprint density at radius 1 is 0.810 bits per heavy atom. The van der Waals surface area contributed by atoms with Crippen LogP contribution in [0.3, 0.4) is 0 Å². The van der Waals surface area contributed by atoms with Gasteiger partial charge in [0.1, 0.15) is 0 Å². The third-order valence-electron chi connectivity index (χ3n) is 4.62. The predicted molar refractivity (Wildman–Crippen MR) is 87.0 cm³/mol. The minimum absolute atomic E-state index is 1.03. The molecule has 1 unspecified atom stereocenters. The second-order valence-electron chi connectivity index (χ2n) is 5.78. The summed E-state index contributed by atoms with van der Waals surface area (Å²) in [5.74, 6) is 0. The number of aryl methyl sites for hydroxylation is 1. The number of benzene rings is 2. The van der Waals surface area contributed by atoms with Gasteiger partial charge in [-0.05, 0) is 0 Å². The molecule has 0 amide bonds. The zero-order chi connectivity index (χ0) is 14.0. The Hall–Kier alpha value is -1.85. The van der Waals surface area contributed by atoms with Crippen LogP contribution in [0.2, 0.25) is 0 Å². The zero-order valence-corrected chi connectivity index (χ0v) is 13.8. The Morgan fingerprint density at radius 3 is 2.48 bits per heavy atom. The van der Waals surface area contributed by atoms with Crippen LogP contribution in [0.4, 0.5) is 0 Å². The van der Waals surface area contributed by atoms with Gasteiger partial charge in [-0.3, -0.25) is 0 Å². The molecule has 3 aromatic rings. The van der Waals surface area contributed by atoms with Gasteiger partial charge in [0.05, 0.1) is 0 Å². The molecule has 2 heteroatoms. The fourth-order valence-corrected chi connectivity index (χ4v) is 9.83. The van der Waals surface area contributed by atoms with Crippen molar-refractivity contribution in [1.82, 2.24) is 0 Å². The van der Waals surface area contributed by atoms with E-state index in [0.717, 1.165) is 6.54 Å². The van der Waals surface area contributed by atoms with Crippen LogP contribution in [-0.2, 0) is 6.54 Å². The molecule has 0 bridgehead atoms. The van der Waals surface area contributed by atoms with Gasteiger partial charge in [-0.2, -0.15) is 0 Å². The topological polar surface area (TPSA) is 3.88 Å². The van der Waals surface area contributed by atoms with Gasteiger partial charge in [-0.15, -0.1) is 0 Å². The van der Waals surface area contributed by atoms with Crippen LogP contribution in [0.15, 0.2) is 60.7 Å². The number of pyridine rings is 1. The molecule has 0 spiro atoms. The van der Waals surface area contributed by atoms with Crippen LogP contribution in [0, 0.1) is 6.92 Å². The van der Waals surface area contributed by atoms with E-state index >= 15 is 0 Å². The first-order valence-corrected chi connectivity index (χ1v) is 10.2. The van der Waals surface area contributed by atoms with Crippen molar-refractivity contribution in [2.75, 3.05) is 0 Å². The molecule has 5 rings (SSSR count). The Kier molecular flexibility index (Phi) is 2.29. The molecule has 0 aliphatic carbocycles. The second kappa shape index (κ2) is 4.08. The average Bonchev–Trinajstić information content (AvgIpc) is 2.87. The molecule has 100 valence electrons. The van der Waals surface area contributed by atoms with Crippen molar-refractivity contribution in [3.05, 3.63) is 71.9 Å². The van der Waals surface area contributed by atoms with Crippen LogP contribution in [-0.4, -0.2) is 14.7 Å². The molecule has 0 radical (unpaired) electrons. The van der Waals surface area contributed by atoms with Gasteiger partial charge in [0, 0.05) is 0 Å². The van der Waals surface area contributed by atoms with Crippen LogP contribution in [0.1, 0.15) is 11.3 Å². The molecule has 1 atom stereocenters. The SMILES string of the molecule is Cc1ccc2c3[n+]1Cc1ccccc1[As]3c1ccccc1-2. The molecular weight excluding hydrogens is 317 g/mol. The second-order valence-corrected chi connectivity index (χ2v) is 10.1. The summed E-state index contributed by atoms with van der Waals surface area (Å²) in [5, 5.41) is 0. The summed E-state index contributed by atoms with van der Waals surface area (Å²) in [6.07, 6.45) is 0. The molecule has 21 heavy (non-hydrogen) atoms. The third-order valence-corrected chi connectivity index (χ3v) is 10.3. The number of nitrogens with zero attached hydrogens (tertiary/aromatic N) is 1. The zero-order valence-electron chi connectivity index (χ0n) is 11.9. The molecule has 3 heterocycles. The van der Waals surface area contributed by atoms with Crippen LogP contribution >= 0.6 is 0 Å². The standard InChI is InChI=1S/C19H15AsN/c1-13-10-11-16-15-7-3-5-9-18(15)20-17-8-4-2-6-14(17)12-21(13)19(16)20/h2-11H,12H2,1H3/q+1. The van der Waals surface area contributed by atoms with E-state index in [4.69, 9.17) is 0 Å². The Labute approximate surface area is 129 Å². The summed E-state index contributed by atoms with van der Waals surface area (Å²) in [5.41, 5.74) is 5.85. The van der Waals surface area contributed by atoms with Crippen LogP contribution < -0.4 is 17.8 Å². The molecule has 0 fully saturated rings. The van der Waals surface area contributed by atoms with E-state index in [1.165, 1.54) is 22.4 Å². The number of hydrogen-bond acceptors (Lipinski definition) is 0. The van der Waals surface area contributed by atoms with E-state index in [1.54, 1.807) is 13.2 Å². The first-order chi connectivity index (χ1) is 10.3. The maximum atomic E-state index is 2.57. The fraction of sp³-hybridized carbons (Fsp3) is 0.105. The van der Waals surface area contributed by atoms with Gasteiger partial charge in [0.2, 0.25) is 0 Å². The molecule has 1 aromatic heterocycles. The molecule has 0 saturated heterocycles. The van der Waals surface area contributed by atoms with Gasteiger partial charge in [0.25, 0.3) is 0 Å². The van der Waals surface area contributed by atoms with Gasteiger partial charge in [-0.1, -0.05) is 0 Å².